The van der Waals surface area contributed by atoms with Crippen LogP contribution in [0, 0.1) is 18.2 Å². The van der Waals surface area contributed by atoms with E-state index in [1.165, 1.54) is 259 Å². The predicted molar refractivity (Wildman–Crippen MR) is 595 cm³/mol. The normalized spacial score (nSPS) is 11.0. The van der Waals surface area contributed by atoms with E-state index in [-0.39, 0.29) is 63.2 Å². The molecule has 0 N–H and O–H groups in total. The van der Waals surface area contributed by atoms with Crippen molar-refractivity contribution >= 4 is 21.8 Å². The Kier molecular flexibility index (Phi) is 92.1. The number of allylic oxidation sites excluding steroid dienone is 6. The van der Waals surface area contributed by atoms with Crippen molar-refractivity contribution in [1.82, 2.24) is 44.4 Å². The van der Waals surface area contributed by atoms with Gasteiger partial charge in [-0.25, -0.2) is 0 Å². The maximum Gasteiger partial charge on any atom is 2.00 e. The Bertz CT molecular complexity index is 3850. The fraction of sp³-hybridized carbons (Fsp3) is 0.564. The van der Waals surface area contributed by atoms with Crippen molar-refractivity contribution in [2.45, 2.75) is 309 Å². The molecule has 0 spiro atoms. The van der Waals surface area contributed by atoms with Crippen LogP contribution < -0.4 is 28.4 Å². The molecule has 7 aromatic rings. The fourth-order valence-electron chi connectivity index (χ4n) is 15.6. The number of unbranched alkanes of at least 4 members (excludes halogenated alkanes) is 36. The van der Waals surface area contributed by atoms with Crippen molar-refractivity contribution in [3.8, 4) is 68.7 Å². The Morgan fingerprint density at radius 3 is 0.460 bits per heavy atom. The molecule has 0 aliphatic heterocycles. The summed E-state index contributed by atoms with van der Waals surface area (Å²) in [6.45, 7) is 32.0. The molecule has 0 saturated carbocycles. The molecule has 3 aromatic heterocycles. The van der Waals surface area contributed by atoms with Gasteiger partial charge in [0.15, 0.2) is 0 Å². The van der Waals surface area contributed by atoms with Crippen LogP contribution in [0.3, 0.4) is 0 Å². The molecule has 150 heavy (non-hydrogen) atoms. The van der Waals surface area contributed by atoms with Crippen molar-refractivity contribution in [3.05, 3.63) is 237 Å². The predicted octanol–water partition coefficient (Wildman–Crippen LogP) is 33.4. The Morgan fingerprint density at radius 1 is 0.213 bits per heavy atom. The Balaban J connectivity index is -0.00000187. The van der Waals surface area contributed by atoms with Gasteiger partial charge in [0, 0.05) is 75.7 Å². The summed E-state index contributed by atoms with van der Waals surface area (Å²) in [6.07, 6.45) is 63.7. The topological polar surface area (TPSA) is 113 Å². The molecule has 0 aliphatic rings. The molecule has 0 bridgehead atoms. The standard InChI is InChI=1S/C42H57N6.3C25H41NO2.3BF4.3Pt/c1-43(2)25-31-13-32(26-44(3)4)17-37(16-31)40-22-41(38-18-33(27-45(5)6)14-34(19-38)28-46(7)8)24-42(23-40)39-20-35(29-47(9)10)15-36(21-39)30-48(11)12;3*1-3-5-7-9-11-13-15-17-22-27-24-20-19-21-25(26-24)28-23-18-16-14-12-10-8-6-4-2;3*2-1(3,4)5;;;/h16-24H,25-30H2,1-12H3;3*3-4,19-21H,1-2,5-18,22-23H2;;;;;;/q-3;;;;3*-1;3*+2. The molecule has 0 amide bonds. The Labute approximate surface area is 941 Å². The van der Waals surface area contributed by atoms with Crippen LogP contribution >= 0.6 is 0 Å². The number of hydrogen-bond acceptors (Lipinski definition) is 15. The van der Waals surface area contributed by atoms with E-state index in [0.29, 0.717) is 35.3 Å². The van der Waals surface area contributed by atoms with Gasteiger partial charge in [-0.1, -0.05) is 227 Å². The van der Waals surface area contributed by atoms with Gasteiger partial charge in [-0.15, -0.1) is 89.5 Å². The summed E-state index contributed by atoms with van der Waals surface area (Å²) >= 11 is 0. The largest absolute Gasteiger partial charge is 2.00 e. The number of halogens is 12. The Morgan fingerprint density at radius 2 is 0.333 bits per heavy atom. The van der Waals surface area contributed by atoms with E-state index in [0.717, 1.165) is 156 Å². The zero-order valence-electron chi connectivity index (χ0n) is 92.5. The number of benzene rings is 4. The zero-order valence-corrected chi connectivity index (χ0v) is 99.3. The molecular formula is C117H180B3F12N9O6Pt3. The van der Waals surface area contributed by atoms with Crippen molar-refractivity contribution in [2.24, 2.45) is 0 Å². The van der Waals surface area contributed by atoms with E-state index < -0.39 is 21.8 Å². The van der Waals surface area contributed by atoms with Crippen LogP contribution in [-0.4, -0.2) is 190 Å². The van der Waals surface area contributed by atoms with E-state index in [4.69, 9.17) is 28.4 Å². The maximum absolute atomic E-state index is 9.75. The van der Waals surface area contributed by atoms with Gasteiger partial charge in [0.1, 0.15) is 0 Å². The molecule has 852 valence electrons. The van der Waals surface area contributed by atoms with E-state index in [1.807, 2.05) is 91.1 Å². The summed E-state index contributed by atoms with van der Waals surface area (Å²) < 4.78 is 152. The molecule has 0 unspecified atom stereocenters. The van der Waals surface area contributed by atoms with Gasteiger partial charge in [0.25, 0.3) is 0 Å². The number of pyridine rings is 3. The second-order valence-corrected chi connectivity index (χ2v) is 38.7. The van der Waals surface area contributed by atoms with Crippen molar-refractivity contribution < 1.29 is 143 Å². The molecule has 33 heteroatoms. The molecule has 0 fully saturated rings. The van der Waals surface area contributed by atoms with Crippen LogP contribution in [-0.2, 0) is 102 Å². The number of nitrogens with zero attached hydrogens (tertiary/aromatic N) is 9. The van der Waals surface area contributed by atoms with Crippen LogP contribution in [0.2, 0.25) is 0 Å². The second kappa shape index (κ2) is 94.1. The minimum Gasteiger partial charge on any atom is -0.478 e. The minimum atomic E-state index is -6.00. The average molecular weight is 2650 g/mol. The van der Waals surface area contributed by atoms with Crippen LogP contribution in [0.25, 0.3) is 33.4 Å². The molecule has 0 radical (unpaired) electrons. The van der Waals surface area contributed by atoms with E-state index >= 15 is 0 Å². The van der Waals surface area contributed by atoms with Crippen LogP contribution in [0.15, 0.2) is 185 Å². The van der Waals surface area contributed by atoms with E-state index in [1.54, 1.807) is 0 Å². The number of ether oxygens (including phenoxy) is 6. The van der Waals surface area contributed by atoms with Crippen molar-refractivity contribution in [3.63, 3.8) is 0 Å². The maximum atomic E-state index is 9.75. The first-order chi connectivity index (χ1) is 70.2. The molecule has 15 nitrogen and oxygen atoms in total. The molecule has 7 rings (SSSR count). The molecule has 3 heterocycles. The summed E-state index contributed by atoms with van der Waals surface area (Å²) in [4.78, 5) is 26.6. The van der Waals surface area contributed by atoms with E-state index in [2.05, 4.69) is 241 Å². The molecular weight excluding hydrogens is 2470 g/mol. The zero-order chi connectivity index (χ0) is 109. The smallest absolute Gasteiger partial charge is 0.478 e. The molecule has 4 aromatic carbocycles. The summed E-state index contributed by atoms with van der Waals surface area (Å²) in [7, 11) is 7.46. The minimum absolute atomic E-state index is 0. The average Bonchev–Trinajstić information content (AvgIpc) is 0.780. The SMILES string of the molecule is C=CCCCCCCCCOc1cccc(OCCCCCCCCC=C)n1.C=CCCCCCCCCOc1cccc(OCCCCCCCCC=C)n1.C=CCCCCCCCCOc1cccc(OCCCCCCCCC=C)n1.CN(C)Cc1[c-]c(CN(C)C)cc(-c2cc(-c3cc(CN(C)C)[c-]c(CN(C)C)c3)cc(-c3cc(CN(C)C)[c-]c(CN(C)C)c3)c2)c1.F[B-](F)(F)F.F[B-](F)(F)F.F[B-](F)(F)F.[Pt+2].[Pt+2].[Pt+2]. The van der Waals surface area contributed by atoms with Gasteiger partial charge in [-0.2, -0.15) is 69.5 Å². The monoisotopic (exact) mass is 2650 g/mol. The Hall–Kier alpha value is -7.25. The van der Waals surface area contributed by atoms with Crippen LogP contribution in [0.1, 0.15) is 303 Å². The summed E-state index contributed by atoms with van der Waals surface area (Å²) in [5.41, 5.74) is 14.5. The third-order valence-electron chi connectivity index (χ3n) is 22.2. The number of aromatic nitrogens is 3. The fourth-order valence-corrected chi connectivity index (χ4v) is 15.6. The molecule has 0 saturated heterocycles. The van der Waals surface area contributed by atoms with Gasteiger partial charge in [0.2, 0.25) is 35.3 Å². The first-order valence-corrected chi connectivity index (χ1v) is 53.4. The quantitative estimate of drug-likeness (QED) is 0.0118. The number of rotatable bonds is 75. The second-order valence-electron chi connectivity index (χ2n) is 38.7. The third-order valence-corrected chi connectivity index (χ3v) is 22.2. The summed E-state index contributed by atoms with van der Waals surface area (Å²) in [6, 6.07) is 49.5. The van der Waals surface area contributed by atoms with Gasteiger partial charge >= 0.3 is 85.0 Å². The number of hydrogen-bond donors (Lipinski definition) is 0. The molecule has 0 atom stereocenters. The summed E-state index contributed by atoms with van der Waals surface area (Å²) in [5.74, 6) is 4.03. The van der Waals surface area contributed by atoms with Crippen LogP contribution in [0.4, 0.5) is 51.8 Å². The van der Waals surface area contributed by atoms with Crippen molar-refractivity contribution in [1.29, 1.82) is 0 Å². The van der Waals surface area contributed by atoms with Gasteiger partial charge in [-0.05, 0) is 217 Å². The van der Waals surface area contributed by atoms with E-state index in [9.17, 15) is 51.8 Å². The summed E-state index contributed by atoms with van der Waals surface area (Å²) in [5, 5.41) is 0. The first-order valence-electron chi connectivity index (χ1n) is 53.4. The van der Waals surface area contributed by atoms with Gasteiger partial charge in [0.05, 0.1) is 39.6 Å². The van der Waals surface area contributed by atoms with Gasteiger partial charge < -0.3 is 110 Å². The van der Waals surface area contributed by atoms with Crippen LogP contribution in [0.5, 0.6) is 35.3 Å². The third kappa shape index (κ3) is 92.1. The van der Waals surface area contributed by atoms with Crippen molar-refractivity contribution in [2.75, 3.05) is 124 Å². The van der Waals surface area contributed by atoms with Gasteiger partial charge in [-0.3, -0.25) is 0 Å². The molecule has 0 aliphatic carbocycles. The first kappa shape index (κ1) is 147.